The van der Waals surface area contributed by atoms with Crippen LogP contribution in [0.25, 0.3) is 0 Å². The molecular weight excluding hydrogens is 244 g/mol. The monoisotopic (exact) mass is 258 g/mol. The molecule has 2 aromatic rings. The lowest BCUT2D eigenvalue weighted by molar-refractivity contribution is 0.102. The van der Waals surface area contributed by atoms with Gasteiger partial charge in [0.1, 0.15) is 0 Å². The van der Waals surface area contributed by atoms with E-state index in [9.17, 15) is 4.79 Å². The molecule has 0 bridgehead atoms. The summed E-state index contributed by atoms with van der Waals surface area (Å²) in [6.45, 7) is 3.63. The van der Waals surface area contributed by atoms with Gasteiger partial charge in [-0.15, -0.1) is 5.10 Å². The van der Waals surface area contributed by atoms with Crippen molar-refractivity contribution in [2.24, 2.45) is 0 Å². The van der Waals surface area contributed by atoms with Gasteiger partial charge >= 0.3 is 0 Å². The minimum absolute atomic E-state index is 0.274. The molecule has 1 aliphatic rings. The number of aryl methyl sites for hydroxylation is 1. The third-order valence-electron chi connectivity index (χ3n) is 3.05. The van der Waals surface area contributed by atoms with Crippen molar-refractivity contribution in [1.29, 1.82) is 0 Å². The molecule has 2 N–H and O–H groups in total. The van der Waals surface area contributed by atoms with Crippen molar-refractivity contribution in [3.8, 4) is 0 Å². The van der Waals surface area contributed by atoms with Gasteiger partial charge in [-0.25, -0.2) is 4.68 Å². The van der Waals surface area contributed by atoms with Crippen LogP contribution < -0.4 is 10.6 Å². The summed E-state index contributed by atoms with van der Waals surface area (Å²) in [5.41, 5.74) is 1.87. The largest absolute Gasteiger partial charge is 0.319 e. The average Bonchev–Trinajstić information content (AvgIpc) is 2.79. The summed E-state index contributed by atoms with van der Waals surface area (Å²) in [6.07, 6.45) is 3.29. The molecule has 19 heavy (non-hydrogen) atoms. The fourth-order valence-electron chi connectivity index (χ4n) is 1.76. The predicted octanol–water partition coefficient (Wildman–Crippen LogP) is 0.378. The molecule has 1 aliphatic heterocycles. The third kappa shape index (κ3) is 2.45. The minimum Gasteiger partial charge on any atom is -0.319 e. The maximum absolute atomic E-state index is 12.0. The number of hydrogen-bond donors (Lipinski definition) is 2. The van der Waals surface area contributed by atoms with E-state index in [1.54, 1.807) is 23.1 Å². The highest BCUT2D eigenvalue weighted by atomic mass is 16.2. The van der Waals surface area contributed by atoms with Crippen LogP contribution in [0.1, 0.15) is 22.2 Å². The van der Waals surface area contributed by atoms with Crippen LogP contribution in [0.4, 0.5) is 5.69 Å². The molecular formula is C12H14N6O. The number of nitrogens with zero attached hydrogens (tertiary/aromatic N) is 4. The summed E-state index contributed by atoms with van der Waals surface area (Å²) < 4.78 is 1.72. The van der Waals surface area contributed by atoms with Gasteiger partial charge in [-0.2, -0.15) is 0 Å². The Labute approximate surface area is 110 Å². The van der Waals surface area contributed by atoms with E-state index in [2.05, 4.69) is 25.9 Å². The number of carbonyl (C=O) groups is 1. The SMILES string of the molecule is Cc1ccc(NC(=O)c2cn(C3CNC3)nn2)cn1. The van der Waals surface area contributed by atoms with Gasteiger partial charge in [0.05, 0.1) is 24.1 Å². The Morgan fingerprint density at radius 3 is 2.95 bits per heavy atom. The Bertz CT molecular complexity index is 587. The van der Waals surface area contributed by atoms with Gasteiger partial charge in [0.2, 0.25) is 0 Å². The Kier molecular flexibility index (Phi) is 2.96. The van der Waals surface area contributed by atoms with Crippen LogP contribution in [0.15, 0.2) is 24.5 Å². The van der Waals surface area contributed by atoms with Crippen molar-refractivity contribution >= 4 is 11.6 Å². The number of amides is 1. The molecule has 1 fully saturated rings. The number of nitrogens with one attached hydrogen (secondary N) is 2. The average molecular weight is 258 g/mol. The molecule has 0 spiro atoms. The lowest BCUT2D eigenvalue weighted by Gasteiger charge is -2.26. The van der Waals surface area contributed by atoms with E-state index in [1.165, 1.54) is 0 Å². The maximum Gasteiger partial charge on any atom is 0.277 e. The summed E-state index contributed by atoms with van der Waals surface area (Å²) in [4.78, 5) is 16.1. The van der Waals surface area contributed by atoms with E-state index in [0.29, 0.717) is 17.4 Å². The molecule has 7 heteroatoms. The number of aromatic nitrogens is 4. The Morgan fingerprint density at radius 2 is 2.32 bits per heavy atom. The molecule has 3 rings (SSSR count). The standard InChI is InChI=1S/C12H14N6O/c1-8-2-3-9(4-14-8)15-12(19)11-7-18(17-16-11)10-5-13-6-10/h2-4,7,10,13H,5-6H2,1H3,(H,15,19). The van der Waals surface area contributed by atoms with Crippen LogP contribution in [0.3, 0.4) is 0 Å². The fourth-order valence-corrected chi connectivity index (χ4v) is 1.76. The normalized spacial score (nSPS) is 15.0. The highest BCUT2D eigenvalue weighted by Gasteiger charge is 2.21. The second-order valence-electron chi connectivity index (χ2n) is 4.54. The van der Waals surface area contributed by atoms with Crippen LogP contribution in [-0.4, -0.2) is 39.0 Å². The molecule has 0 saturated carbocycles. The van der Waals surface area contributed by atoms with Crippen LogP contribution in [0.2, 0.25) is 0 Å². The summed E-state index contributed by atoms with van der Waals surface area (Å²) in [6, 6.07) is 3.95. The Balaban J connectivity index is 1.69. The number of pyridine rings is 1. The van der Waals surface area contributed by atoms with Crippen molar-refractivity contribution in [2.75, 3.05) is 18.4 Å². The number of rotatable bonds is 3. The van der Waals surface area contributed by atoms with E-state index in [1.807, 2.05) is 13.0 Å². The molecule has 0 unspecified atom stereocenters. The van der Waals surface area contributed by atoms with Gasteiger partial charge in [0.25, 0.3) is 5.91 Å². The van der Waals surface area contributed by atoms with Gasteiger partial charge in [-0.1, -0.05) is 5.21 Å². The minimum atomic E-state index is -0.274. The highest BCUT2D eigenvalue weighted by molar-refractivity contribution is 6.02. The van der Waals surface area contributed by atoms with E-state index >= 15 is 0 Å². The van der Waals surface area contributed by atoms with E-state index in [4.69, 9.17) is 0 Å². The summed E-state index contributed by atoms with van der Waals surface area (Å²) in [5.74, 6) is -0.274. The van der Waals surface area contributed by atoms with Gasteiger partial charge in [-0.05, 0) is 19.1 Å². The van der Waals surface area contributed by atoms with Gasteiger partial charge in [-0.3, -0.25) is 9.78 Å². The molecule has 0 aliphatic carbocycles. The zero-order valence-electron chi connectivity index (χ0n) is 10.5. The first-order valence-corrected chi connectivity index (χ1v) is 6.09. The Hall–Kier alpha value is -2.28. The first kappa shape index (κ1) is 11.8. The molecule has 1 amide bonds. The molecule has 98 valence electrons. The molecule has 0 radical (unpaired) electrons. The molecule has 2 aromatic heterocycles. The second kappa shape index (κ2) is 4.77. The van der Waals surface area contributed by atoms with Crippen LogP contribution in [-0.2, 0) is 0 Å². The number of hydrogen-bond acceptors (Lipinski definition) is 5. The van der Waals surface area contributed by atoms with Gasteiger partial charge in [0, 0.05) is 18.8 Å². The van der Waals surface area contributed by atoms with Crippen LogP contribution >= 0.6 is 0 Å². The van der Waals surface area contributed by atoms with Gasteiger partial charge < -0.3 is 10.6 Å². The van der Waals surface area contributed by atoms with Crippen LogP contribution in [0.5, 0.6) is 0 Å². The van der Waals surface area contributed by atoms with E-state index < -0.39 is 0 Å². The van der Waals surface area contributed by atoms with Crippen molar-refractivity contribution in [1.82, 2.24) is 25.3 Å². The topological polar surface area (TPSA) is 84.7 Å². The summed E-state index contributed by atoms with van der Waals surface area (Å²) in [5, 5.41) is 13.7. The van der Waals surface area contributed by atoms with Crippen molar-refractivity contribution in [3.63, 3.8) is 0 Å². The third-order valence-corrected chi connectivity index (χ3v) is 3.05. The highest BCUT2D eigenvalue weighted by Crippen LogP contribution is 2.11. The quantitative estimate of drug-likeness (QED) is 0.831. The first-order valence-electron chi connectivity index (χ1n) is 6.09. The molecule has 1 saturated heterocycles. The smallest absolute Gasteiger partial charge is 0.277 e. The number of anilines is 1. The second-order valence-corrected chi connectivity index (χ2v) is 4.54. The van der Waals surface area contributed by atoms with E-state index in [0.717, 1.165) is 18.8 Å². The molecule has 0 atom stereocenters. The lowest BCUT2D eigenvalue weighted by atomic mass is 10.2. The molecule has 0 aromatic carbocycles. The van der Waals surface area contributed by atoms with Crippen LogP contribution in [0, 0.1) is 6.92 Å². The number of carbonyl (C=O) groups excluding carboxylic acids is 1. The Morgan fingerprint density at radius 1 is 1.47 bits per heavy atom. The summed E-state index contributed by atoms with van der Waals surface area (Å²) >= 11 is 0. The van der Waals surface area contributed by atoms with E-state index in [-0.39, 0.29) is 5.91 Å². The summed E-state index contributed by atoms with van der Waals surface area (Å²) in [7, 11) is 0. The van der Waals surface area contributed by atoms with Crippen molar-refractivity contribution in [2.45, 2.75) is 13.0 Å². The predicted molar refractivity (Wildman–Crippen MR) is 68.9 cm³/mol. The molecule has 7 nitrogen and oxygen atoms in total. The fraction of sp³-hybridized carbons (Fsp3) is 0.333. The van der Waals surface area contributed by atoms with Crippen molar-refractivity contribution < 1.29 is 4.79 Å². The first-order chi connectivity index (χ1) is 9.22. The lowest BCUT2D eigenvalue weighted by Crippen LogP contribution is -2.43. The molecule has 3 heterocycles. The maximum atomic E-state index is 12.0. The van der Waals surface area contributed by atoms with Crippen molar-refractivity contribution in [3.05, 3.63) is 35.9 Å². The zero-order valence-corrected chi connectivity index (χ0v) is 10.5. The zero-order chi connectivity index (χ0) is 13.2. The van der Waals surface area contributed by atoms with Gasteiger partial charge in [0.15, 0.2) is 5.69 Å².